The third kappa shape index (κ3) is 3.06. The van der Waals surface area contributed by atoms with Crippen molar-refractivity contribution in [2.45, 2.75) is 13.5 Å². The second kappa shape index (κ2) is 6.49. The summed E-state index contributed by atoms with van der Waals surface area (Å²) in [4.78, 5) is 19.1. The summed E-state index contributed by atoms with van der Waals surface area (Å²) in [5.74, 6) is 1.43. The standard InChI is InChI=1S/C19H19N3O3S/c1-12-20-15(10-26-12)14-7-16(21(2)9-14)19(23)22(3)8-13-4-5-17-18(6-13)25-11-24-17/h4-7,9-10H,8,11H2,1-3H3. The van der Waals surface area contributed by atoms with Gasteiger partial charge in [0.25, 0.3) is 5.91 Å². The molecule has 0 N–H and O–H groups in total. The minimum atomic E-state index is -0.0385. The molecule has 3 heterocycles. The lowest BCUT2D eigenvalue weighted by Crippen LogP contribution is -2.27. The minimum absolute atomic E-state index is 0.0385. The molecule has 2 aromatic heterocycles. The van der Waals surface area contributed by atoms with E-state index in [2.05, 4.69) is 4.98 Å². The predicted molar refractivity (Wildman–Crippen MR) is 99.6 cm³/mol. The predicted octanol–water partition coefficient (Wildman–Crippen LogP) is 3.46. The molecule has 134 valence electrons. The Balaban J connectivity index is 1.52. The fraction of sp³-hybridized carbons (Fsp3) is 0.263. The molecule has 0 radical (unpaired) electrons. The Morgan fingerprint density at radius 3 is 2.88 bits per heavy atom. The smallest absolute Gasteiger partial charge is 0.270 e. The van der Waals surface area contributed by atoms with Gasteiger partial charge >= 0.3 is 0 Å². The number of fused-ring (bicyclic) bond motifs is 1. The van der Waals surface area contributed by atoms with E-state index in [4.69, 9.17) is 9.47 Å². The van der Waals surface area contributed by atoms with E-state index >= 15 is 0 Å². The van der Waals surface area contributed by atoms with Crippen molar-refractivity contribution in [3.05, 3.63) is 52.1 Å². The topological polar surface area (TPSA) is 56.6 Å². The van der Waals surface area contributed by atoms with Crippen LogP contribution in [0.4, 0.5) is 0 Å². The maximum atomic E-state index is 12.9. The van der Waals surface area contributed by atoms with Crippen molar-refractivity contribution in [3.8, 4) is 22.8 Å². The van der Waals surface area contributed by atoms with Gasteiger partial charge in [0.1, 0.15) is 5.69 Å². The van der Waals surface area contributed by atoms with Crippen molar-refractivity contribution in [1.29, 1.82) is 0 Å². The van der Waals surface area contributed by atoms with Gasteiger partial charge in [-0.05, 0) is 30.7 Å². The maximum Gasteiger partial charge on any atom is 0.270 e. The van der Waals surface area contributed by atoms with Gasteiger partial charge in [-0.2, -0.15) is 0 Å². The Morgan fingerprint density at radius 1 is 1.31 bits per heavy atom. The fourth-order valence-electron chi connectivity index (χ4n) is 2.99. The largest absolute Gasteiger partial charge is 0.454 e. The van der Waals surface area contributed by atoms with Crippen LogP contribution in [0.5, 0.6) is 11.5 Å². The van der Waals surface area contributed by atoms with Gasteiger partial charge in [0.15, 0.2) is 11.5 Å². The summed E-state index contributed by atoms with van der Waals surface area (Å²) < 4.78 is 12.6. The number of ether oxygens (including phenoxy) is 2. The molecule has 0 fully saturated rings. The maximum absolute atomic E-state index is 12.9. The fourth-order valence-corrected chi connectivity index (χ4v) is 3.62. The monoisotopic (exact) mass is 369 g/mol. The molecular weight excluding hydrogens is 350 g/mol. The highest BCUT2D eigenvalue weighted by atomic mass is 32.1. The summed E-state index contributed by atoms with van der Waals surface area (Å²) in [6.45, 7) is 2.71. The lowest BCUT2D eigenvalue weighted by molar-refractivity contribution is 0.0775. The van der Waals surface area contributed by atoms with Crippen LogP contribution in [0.25, 0.3) is 11.3 Å². The molecular formula is C19H19N3O3S. The zero-order valence-electron chi connectivity index (χ0n) is 14.9. The molecule has 1 aliphatic heterocycles. The van der Waals surface area contributed by atoms with Gasteiger partial charge in [-0.3, -0.25) is 4.79 Å². The second-order valence-corrected chi connectivity index (χ2v) is 7.39. The number of carbonyl (C=O) groups excluding carboxylic acids is 1. The summed E-state index contributed by atoms with van der Waals surface area (Å²) in [5, 5.41) is 3.02. The van der Waals surface area contributed by atoms with E-state index < -0.39 is 0 Å². The number of aromatic nitrogens is 2. The average Bonchev–Trinajstić information content (AvgIpc) is 3.33. The van der Waals surface area contributed by atoms with Crippen LogP contribution in [-0.2, 0) is 13.6 Å². The number of hydrogen-bond acceptors (Lipinski definition) is 5. The third-order valence-corrected chi connectivity index (χ3v) is 5.12. The summed E-state index contributed by atoms with van der Waals surface area (Å²) >= 11 is 1.60. The van der Waals surface area contributed by atoms with E-state index in [9.17, 15) is 4.79 Å². The van der Waals surface area contributed by atoms with Crippen LogP contribution < -0.4 is 9.47 Å². The second-order valence-electron chi connectivity index (χ2n) is 6.33. The highest BCUT2D eigenvalue weighted by Crippen LogP contribution is 2.33. The van der Waals surface area contributed by atoms with Gasteiger partial charge in [-0.15, -0.1) is 11.3 Å². The van der Waals surface area contributed by atoms with E-state index in [-0.39, 0.29) is 12.7 Å². The Morgan fingerprint density at radius 2 is 2.12 bits per heavy atom. The first kappa shape index (κ1) is 16.7. The molecule has 3 aromatic rings. The number of thiazole rings is 1. The van der Waals surface area contributed by atoms with E-state index in [0.29, 0.717) is 12.2 Å². The van der Waals surface area contributed by atoms with Crippen LogP contribution >= 0.6 is 11.3 Å². The van der Waals surface area contributed by atoms with Gasteiger partial charge in [0.2, 0.25) is 6.79 Å². The molecule has 0 atom stereocenters. The summed E-state index contributed by atoms with van der Waals surface area (Å²) in [6, 6.07) is 7.64. The first-order chi connectivity index (χ1) is 12.5. The number of nitrogens with zero attached hydrogens (tertiary/aromatic N) is 3. The molecule has 4 rings (SSSR count). The molecule has 0 unspecified atom stereocenters. The summed E-state index contributed by atoms with van der Waals surface area (Å²) in [6.07, 6.45) is 1.94. The van der Waals surface area contributed by atoms with E-state index in [0.717, 1.165) is 33.3 Å². The SMILES string of the molecule is Cc1nc(-c2cc(C(=O)N(C)Cc3ccc4c(c3)OCO4)n(C)c2)cs1. The lowest BCUT2D eigenvalue weighted by Gasteiger charge is -2.17. The average molecular weight is 369 g/mol. The summed E-state index contributed by atoms with van der Waals surface area (Å²) in [5.41, 5.74) is 3.49. The lowest BCUT2D eigenvalue weighted by atomic mass is 10.2. The number of benzene rings is 1. The van der Waals surface area contributed by atoms with Crippen LogP contribution in [0, 0.1) is 6.92 Å². The molecule has 26 heavy (non-hydrogen) atoms. The molecule has 0 bridgehead atoms. The van der Waals surface area contributed by atoms with Crippen molar-refractivity contribution < 1.29 is 14.3 Å². The Labute approximate surface area is 155 Å². The molecule has 1 amide bonds. The van der Waals surface area contributed by atoms with Crippen molar-refractivity contribution in [2.75, 3.05) is 13.8 Å². The Bertz CT molecular complexity index is 976. The van der Waals surface area contributed by atoms with E-state index in [1.165, 1.54) is 0 Å². The Hall–Kier alpha value is -2.80. The number of carbonyl (C=O) groups is 1. The number of aryl methyl sites for hydroxylation is 2. The van der Waals surface area contributed by atoms with Gasteiger partial charge < -0.3 is 18.9 Å². The molecule has 7 heteroatoms. The van der Waals surface area contributed by atoms with E-state index in [1.54, 1.807) is 23.3 Å². The molecule has 6 nitrogen and oxygen atoms in total. The normalized spacial score (nSPS) is 12.4. The quantitative estimate of drug-likeness (QED) is 0.707. The van der Waals surface area contributed by atoms with Crippen molar-refractivity contribution in [2.24, 2.45) is 7.05 Å². The van der Waals surface area contributed by atoms with Crippen LogP contribution in [0.1, 0.15) is 21.1 Å². The number of amides is 1. The third-order valence-electron chi connectivity index (χ3n) is 4.34. The minimum Gasteiger partial charge on any atom is -0.454 e. The van der Waals surface area contributed by atoms with Crippen LogP contribution in [0.15, 0.2) is 35.8 Å². The van der Waals surface area contributed by atoms with Crippen molar-refractivity contribution >= 4 is 17.2 Å². The molecule has 0 aliphatic carbocycles. The Kier molecular flexibility index (Phi) is 4.16. The van der Waals surface area contributed by atoms with Crippen LogP contribution in [0.2, 0.25) is 0 Å². The van der Waals surface area contributed by atoms with Crippen molar-refractivity contribution in [1.82, 2.24) is 14.5 Å². The first-order valence-corrected chi connectivity index (χ1v) is 9.12. The van der Waals surface area contributed by atoms with Crippen LogP contribution in [-0.4, -0.2) is 34.2 Å². The number of hydrogen-bond donors (Lipinski definition) is 0. The first-order valence-electron chi connectivity index (χ1n) is 8.24. The molecule has 0 spiro atoms. The molecule has 1 aliphatic rings. The van der Waals surface area contributed by atoms with Gasteiger partial charge in [0.05, 0.1) is 10.7 Å². The highest BCUT2D eigenvalue weighted by molar-refractivity contribution is 7.09. The van der Waals surface area contributed by atoms with Gasteiger partial charge in [-0.1, -0.05) is 6.07 Å². The van der Waals surface area contributed by atoms with E-state index in [1.807, 2.05) is 54.4 Å². The van der Waals surface area contributed by atoms with Crippen molar-refractivity contribution in [3.63, 3.8) is 0 Å². The highest BCUT2D eigenvalue weighted by Gasteiger charge is 2.19. The van der Waals surface area contributed by atoms with Crippen LogP contribution in [0.3, 0.4) is 0 Å². The summed E-state index contributed by atoms with van der Waals surface area (Å²) in [7, 11) is 3.68. The molecule has 0 saturated carbocycles. The van der Waals surface area contributed by atoms with Gasteiger partial charge in [-0.25, -0.2) is 4.98 Å². The molecule has 1 aromatic carbocycles. The zero-order chi connectivity index (χ0) is 18.3. The van der Waals surface area contributed by atoms with Gasteiger partial charge in [0, 0.05) is 37.8 Å². The number of rotatable bonds is 4. The zero-order valence-corrected chi connectivity index (χ0v) is 15.7. The molecule has 0 saturated heterocycles.